The molecule has 1 fully saturated rings. The molecular formula is C24H34Cl2N2O3. The molecular weight excluding hydrogens is 435 g/mol. The average molecular weight is 469 g/mol. The van der Waals surface area contributed by atoms with E-state index in [-0.39, 0.29) is 48.5 Å². The molecule has 0 saturated carbocycles. The number of piperidine rings is 1. The van der Waals surface area contributed by atoms with Crippen LogP contribution in [0.1, 0.15) is 41.2 Å². The van der Waals surface area contributed by atoms with Gasteiger partial charge < -0.3 is 25.6 Å². The van der Waals surface area contributed by atoms with Crippen LogP contribution in [-0.4, -0.2) is 47.4 Å². The first-order chi connectivity index (χ1) is 14.1. The van der Waals surface area contributed by atoms with Crippen molar-refractivity contribution in [3.63, 3.8) is 0 Å². The van der Waals surface area contributed by atoms with Crippen LogP contribution >= 0.6 is 24.8 Å². The Kier molecular flexibility index (Phi) is 9.46. The first kappa shape index (κ1) is 25.8. The van der Waals surface area contributed by atoms with Crippen molar-refractivity contribution in [1.29, 1.82) is 0 Å². The Morgan fingerprint density at radius 2 is 1.77 bits per heavy atom. The van der Waals surface area contributed by atoms with Gasteiger partial charge in [-0.25, -0.2) is 0 Å². The molecule has 0 amide bonds. The summed E-state index contributed by atoms with van der Waals surface area (Å²) >= 11 is 0. The normalized spacial score (nSPS) is 21.6. The summed E-state index contributed by atoms with van der Waals surface area (Å²) in [4.78, 5) is 2.55. The molecule has 0 bridgehead atoms. The van der Waals surface area contributed by atoms with Crippen molar-refractivity contribution in [3.8, 4) is 11.5 Å². The highest BCUT2D eigenvalue weighted by molar-refractivity contribution is 5.85. The fourth-order valence-corrected chi connectivity index (χ4v) is 4.87. The summed E-state index contributed by atoms with van der Waals surface area (Å²) in [6.07, 6.45) is 3.74. The predicted molar refractivity (Wildman–Crippen MR) is 129 cm³/mol. The lowest BCUT2D eigenvalue weighted by molar-refractivity contribution is -0.0646. The number of likely N-dealkylation sites (tertiary alicyclic amines) is 1. The van der Waals surface area contributed by atoms with Gasteiger partial charge in [0, 0.05) is 25.1 Å². The molecule has 172 valence electrons. The van der Waals surface area contributed by atoms with Crippen molar-refractivity contribution in [1.82, 2.24) is 4.90 Å². The number of halogens is 2. The van der Waals surface area contributed by atoms with Gasteiger partial charge in [-0.2, -0.15) is 0 Å². The minimum Gasteiger partial charge on any atom is -0.504 e. The number of nitrogens with two attached hydrogens (primary N) is 1. The van der Waals surface area contributed by atoms with E-state index in [1.165, 1.54) is 17.2 Å². The largest absolute Gasteiger partial charge is 0.504 e. The van der Waals surface area contributed by atoms with Crippen LogP contribution in [0.3, 0.4) is 0 Å². The Bertz CT molecular complexity index is 857. The van der Waals surface area contributed by atoms with E-state index in [1.54, 1.807) is 0 Å². The molecule has 0 radical (unpaired) electrons. The highest BCUT2D eigenvalue weighted by Gasteiger charge is 2.35. The molecule has 2 heterocycles. The van der Waals surface area contributed by atoms with Crippen LogP contribution in [0.25, 0.3) is 0 Å². The Balaban J connectivity index is 0.00000171. The van der Waals surface area contributed by atoms with Crippen LogP contribution < -0.4 is 5.73 Å². The summed E-state index contributed by atoms with van der Waals surface area (Å²) in [5, 5.41) is 20.3. The van der Waals surface area contributed by atoms with Gasteiger partial charge in [0.1, 0.15) is 0 Å². The van der Waals surface area contributed by atoms with Crippen LogP contribution in [0, 0.1) is 12.8 Å². The zero-order valence-corrected chi connectivity index (χ0v) is 19.6. The highest BCUT2D eigenvalue weighted by atomic mass is 35.5. The molecule has 2 unspecified atom stereocenters. The van der Waals surface area contributed by atoms with Gasteiger partial charge in [0.2, 0.25) is 0 Å². The quantitative estimate of drug-likeness (QED) is 0.574. The van der Waals surface area contributed by atoms with Gasteiger partial charge in [-0.3, -0.25) is 0 Å². The molecule has 2 aliphatic heterocycles. The molecule has 0 aliphatic carbocycles. The lowest BCUT2D eigenvalue weighted by Crippen LogP contribution is -2.42. The summed E-state index contributed by atoms with van der Waals surface area (Å²) < 4.78 is 6.34. The molecule has 2 aromatic rings. The number of phenols is 2. The zero-order valence-electron chi connectivity index (χ0n) is 18.0. The minimum atomic E-state index is -0.214. The number of aromatic hydroxyl groups is 2. The van der Waals surface area contributed by atoms with Crippen LogP contribution in [0.2, 0.25) is 0 Å². The van der Waals surface area contributed by atoms with Crippen LogP contribution in [0.15, 0.2) is 36.4 Å². The van der Waals surface area contributed by atoms with Gasteiger partial charge in [-0.05, 0) is 68.0 Å². The third kappa shape index (κ3) is 5.65. The number of hydrogen-bond acceptors (Lipinski definition) is 5. The van der Waals surface area contributed by atoms with E-state index in [0.717, 1.165) is 50.0 Å². The summed E-state index contributed by atoms with van der Waals surface area (Å²) in [5.41, 5.74) is 10.5. The lowest BCUT2D eigenvalue weighted by atomic mass is 9.83. The van der Waals surface area contributed by atoms with Gasteiger partial charge in [0.05, 0.1) is 12.2 Å². The van der Waals surface area contributed by atoms with Gasteiger partial charge in [0.25, 0.3) is 0 Å². The van der Waals surface area contributed by atoms with Crippen LogP contribution in [-0.2, 0) is 17.6 Å². The second kappa shape index (κ2) is 11.4. The molecule has 4 N–H and O–H groups in total. The average Bonchev–Trinajstić information content (AvgIpc) is 2.75. The van der Waals surface area contributed by atoms with E-state index in [1.807, 2.05) is 6.07 Å². The predicted octanol–water partition coefficient (Wildman–Crippen LogP) is 4.15. The number of aryl methyl sites for hydroxylation is 1. The van der Waals surface area contributed by atoms with E-state index in [9.17, 15) is 10.2 Å². The fraction of sp³-hybridized carbons (Fsp3) is 0.500. The van der Waals surface area contributed by atoms with Crippen LogP contribution in [0.4, 0.5) is 0 Å². The second-order valence-electron chi connectivity index (χ2n) is 8.46. The van der Waals surface area contributed by atoms with Gasteiger partial charge in [-0.15, -0.1) is 24.8 Å². The smallest absolute Gasteiger partial charge is 0.161 e. The van der Waals surface area contributed by atoms with E-state index in [4.69, 9.17) is 10.5 Å². The molecule has 7 heteroatoms. The monoisotopic (exact) mass is 468 g/mol. The maximum atomic E-state index is 10.4. The van der Waals surface area contributed by atoms with Crippen LogP contribution in [0.5, 0.6) is 11.5 Å². The lowest BCUT2D eigenvalue weighted by Gasteiger charge is -2.40. The second-order valence-corrected chi connectivity index (χ2v) is 8.46. The number of ether oxygens (including phenoxy) is 1. The third-order valence-corrected chi connectivity index (χ3v) is 6.72. The topological polar surface area (TPSA) is 79.0 Å². The van der Waals surface area contributed by atoms with Gasteiger partial charge >= 0.3 is 0 Å². The molecule has 1 saturated heterocycles. The van der Waals surface area contributed by atoms with Crippen molar-refractivity contribution in [2.45, 2.75) is 44.8 Å². The minimum absolute atomic E-state index is 0. The number of phenolic OH excluding ortho intramolecular Hbond substituents is 2. The number of nitrogens with zero attached hydrogens (tertiary/aromatic N) is 1. The summed E-state index contributed by atoms with van der Waals surface area (Å²) in [5.74, 6) is 0.379. The molecule has 2 aromatic carbocycles. The van der Waals surface area contributed by atoms with Crippen molar-refractivity contribution in [3.05, 3.63) is 58.7 Å². The standard InChI is InChI=1S/C24H32N2O3.2ClH/c1-16-4-2-3-5-17(16)8-11-26-12-9-18(10-13-26)22-14-20-19(23(15-25)29-22)6-7-21(27)24(20)28;;/h2-7,18,22-23,27-28H,8-15,25H2,1H3;2*1H. The fourth-order valence-electron chi connectivity index (χ4n) is 4.87. The molecule has 31 heavy (non-hydrogen) atoms. The molecule has 0 spiro atoms. The summed E-state index contributed by atoms with van der Waals surface area (Å²) in [6, 6.07) is 12.0. The van der Waals surface area contributed by atoms with Crippen molar-refractivity contribution < 1.29 is 14.9 Å². The Morgan fingerprint density at radius 1 is 1.06 bits per heavy atom. The zero-order chi connectivity index (χ0) is 20.4. The molecule has 2 atom stereocenters. The Morgan fingerprint density at radius 3 is 2.45 bits per heavy atom. The number of fused-ring (bicyclic) bond motifs is 1. The molecule has 5 nitrogen and oxygen atoms in total. The summed E-state index contributed by atoms with van der Waals surface area (Å²) in [7, 11) is 0. The maximum Gasteiger partial charge on any atom is 0.161 e. The molecule has 2 aliphatic rings. The first-order valence-electron chi connectivity index (χ1n) is 10.7. The van der Waals surface area contributed by atoms with Crippen molar-refractivity contribution >= 4 is 24.8 Å². The number of rotatable bonds is 5. The van der Waals surface area contributed by atoms with E-state index < -0.39 is 0 Å². The van der Waals surface area contributed by atoms with Crippen molar-refractivity contribution in [2.24, 2.45) is 11.7 Å². The first-order valence-corrected chi connectivity index (χ1v) is 10.7. The number of benzene rings is 2. The maximum absolute atomic E-state index is 10.4. The highest BCUT2D eigenvalue weighted by Crippen LogP contribution is 2.42. The van der Waals surface area contributed by atoms with E-state index >= 15 is 0 Å². The van der Waals surface area contributed by atoms with E-state index in [2.05, 4.69) is 36.1 Å². The number of hydrogen-bond donors (Lipinski definition) is 3. The van der Waals surface area contributed by atoms with Gasteiger partial charge in [-0.1, -0.05) is 30.3 Å². The Labute approximate surface area is 197 Å². The third-order valence-electron chi connectivity index (χ3n) is 6.72. The SMILES string of the molecule is Cc1ccccc1CCN1CCC(C2Cc3c(ccc(O)c3O)C(CN)O2)CC1.Cl.Cl. The summed E-state index contributed by atoms with van der Waals surface area (Å²) in [6.45, 7) is 5.79. The Hall–Kier alpha value is -1.50. The molecule has 4 rings (SSSR count). The van der Waals surface area contributed by atoms with Gasteiger partial charge in [0.15, 0.2) is 11.5 Å². The molecule has 0 aromatic heterocycles. The van der Waals surface area contributed by atoms with E-state index in [0.29, 0.717) is 18.9 Å². The van der Waals surface area contributed by atoms with Crippen molar-refractivity contribution in [2.75, 3.05) is 26.2 Å².